The Morgan fingerprint density at radius 1 is 1.17 bits per heavy atom. The average molecular weight is 315 g/mol. The molecule has 2 aromatic rings. The van der Waals surface area contributed by atoms with Crippen molar-refractivity contribution < 1.29 is 19.4 Å². The second-order valence-electron chi connectivity index (χ2n) is 5.00. The highest BCUT2D eigenvalue weighted by Crippen LogP contribution is 2.09. The molecule has 1 heterocycles. The maximum atomic E-state index is 11.8. The Labute approximate surface area is 133 Å². The molecule has 0 aliphatic heterocycles. The summed E-state index contributed by atoms with van der Waals surface area (Å²) in [4.78, 5) is 27.1. The summed E-state index contributed by atoms with van der Waals surface area (Å²) in [5.74, 6) is -1.36. The summed E-state index contributed by atoms with van der Waals surface area (Å²) in [7, 11) is 0. The van der Waals surface area contributed by atoms with Crippen molar-refractivity contribution in [3.05, 3.63) is 66.0 Å². The smallest absolute Gasteiger partial charge is 0.409 e. The molecule has 0 unspecified atom stereocenters. The minimum absolute atomic E-state index is 0.0231. The van der Waals surface area contributed by atoms with E-state index in [9.17, 15) is 14.7 Å². The standard InChI is InChI=1S/C16H17N3O4/c17-16(14(20)21,9-13-7-4-8-18-10-13)19-15(22)23-11-12-5-2-1-3-6-12/h1-8,10H,9,11,17H2,(H,19,22)(H,20,21)/t16-/m1/s1. The van der Waals surface area contributed by atoms with Crippen molar-refractivity contribution in [3.63, 3.8) is 0 Å². The maximum absolute atomic E-state index is 11.8. The Morgan fingerprint density at radius 2 is 1.87 bits per heavy atom. The molecule has 1 aromatic heterocycles. The van der Waals surface area contributed by atoms with Crippen molar-refractivity contribution in [1.82, 2.24) is 10.3 Å². The number of alkyl carbamates (subject to hydrolysis) is 1. The number of pyridine rings is 1. The highest BCUT2D eigenvalue weighted by atomic mass is 16.5. The monoisotopic (exact) mass is 315 g/mol. The lowest BCUT2D eigenvalue weighted by Crippen LogP contribution is -2.63. The molecule has 0 aliphatic carbocycles. The number of carbonyl (C=O) groups excluding carboxylic acids is 1. The predicted octanol–water partition coefficient (Wildman–Crippen LogP) is 1.29. The molecule has 0 spiro atoms. The number of aromatic nitrogens is 1. The Morgan fingerprint density at radius 3 is 2.48 bits per heavy atom. The van der Waals surface area contributed by atoms with Crippen LogP contribution in [0.4, 0.5) is 4.79 Å². The second kappa shape index (κ2) is 7.37. The van der Waals surface area contributed by atoms with Gasteiger partial charge >= 0.3 is 12.1 Å². The van der Waals surface area contributed by atoms with E-state index in [1.54, 1.807) is 30.5 Å². The first-order valence-electron chi connectivity index (χ1n) is 6.90. The van der Waals surface area contributed by atoms with Crippen molar-refractivity contribution in [1.29, 1.82) is 0 Å². The number of carboxylic acids is 1. The van der Waals surface area contributed by atoms with Crippen LogP contribution in [0.5, 0.6) is 0 Å². The molecule has 7 heteroatoms. The zero-order valence-corrected chi connectivity index (χ0v) is 12.3. The zero-order valence-electron chi connectivity index (χ0n) is 12.3. The van der Waals surface area contributed by atoms with E-state index < -0.39 is 17.7 Å². The molecular formula is C16H17N3O4. The number of aliphatic carboxylic acids is 1. The Kier molecular flexibility index (Phi) is 5.27. The number of ether oxygens (including phenoxy) is 1. The largest absolute Gasteiger partial charge is 0.478 e. The van der Waals surface area contributed by atoms with Crippen LogP contribution in [-0.4, -0.2) is 27.8 Å². The summed E-state index contributed by atoms with van der Waals surface area (Å²) < 4.78 is 5.00. The van der Waals surface area contributed by atoms with Crippen LogP contribution in [0.15, 0.2) is 54.9 Å². The lowest BCUT2D eigenvalue weighted by Gasteiger charge is -2.25. The maximum Gasteiger partial charge on any atom is 0.409 e. The van der Waals surface area contributed by atoms with Gasteiger partial charge in [0, 0.05) is 18.8 Å². The van der Waals surface area contributed by atoms with Crippen LogP contribution in [0.25, 0.3) is 0 Å². The first-order valence-corrected chi connectivity index (χ1v) is 6.90. The molecule has 0 fully saturated rings. The molecule has 0 aliphatic rings. The third-order valence-electron chi connectivity index (χ3n) is 3.13. The number of nitrogens with zero attached hydrogens (tertiary/aromatic N) is 1. The number of hydrogen-bond donors (Lipinski definition) is 3. The van der Waals surface area contributed by atoms with Crippen molar-refractivity contribution >= 4 is 12.1 Å². The molecule has 0 radical (unpaired) electrons. The molecule has 0 saturated heterocycles. The van der Waals surface area contributed by atoms with Crippen LogP contribution in [0.2, 0.25) is 0 Å². The van der Waals surface area contributed by atoms with Crippen LogP contribution in [0, 0.1) is 0 Å². The van der Waals surface area contributed by atoms with Crippen molar-refractivity contribution in [2.75, 3.05) is 0 Å². The predicted molar refractivity (Wildman–Crippen MR) is 82.3 cm³/mol. The van der Waals surface area contributed by atoms with E-state index >= 15 is 0 Å². The quantitative estimate of drug-likeness (QED) is 0.692. The molecule has 0 saturated carbocycles. The van der Waals surface area contributed by atoms with E-state index in [0.29, 0.717) is 5.56 Å². The third-order valence-corrected chi connectivity index (χ3v) is 3.13. The second-order valence-corrected chi connectivity index (χ2v) is 5.00. The Hall–Kier alpha value is -2.93. The van der Waals surface area contributed by atoms with Gasteiger partial charge in [0.05, 0.1) is 0 Å². The number of carbonyl (C=O) groups is 2. The topological polar surface area (TPSA) is 115 Å². The van der Waals surface area contributed by atoms with E-state index in [-0.39, 0.29) is 13.0 Å². The zero-order chi connectivity index (χ0) is 16.7. The minimum atomic E-state index is -1.98. The molecule has 1 amide bonds. The average Bonchev–Trinajstić information content (AvgIpc) is 2.54. The Bertz CT molecular complexity index is 664. The van der Waals surface area contributed by atoms with Crippen molar-refractivity contribution in [2.24, 2.45) is 5.73 Å². The number of nitrogens with two attached hydrogens (primary N) is 1. The van der Waals surface area contributed by atoms with Gasteiger partial charge in [-0.05, 0) is 17.2 Å². The summed E-state index contributed by atoms with van der Waals surface area (Å²) in [5, 5.41) is 11.5. The molecule has 7 nitrogen and oxygen atoms in total. The van der Waals surface area contributed by atoms with Crippen LogP contribution >= 0.6 is 0 Å². The summed E-state index contributed by atoms with van der Waals surface area (Å²) in [6.45, 7) is 0.0231. The van der Waals surface area contributed by atoms with Gasteiger partial charge in [0.15, 0.2) is 5.66 Å². The minimum Gasteiger partial charge on any atom is -0.478 e. The number of rotatable bonds is 6. The van der Waals surface area contributed by atoms with E-state index in [0.717, 1.165) is 5.56 Å². The number of benzene rings is 1. The molecule has 120 valence electrons. The first-order chi connectivity index (χ1) is 11.0. The van der Waals surface area contributed by atoms with Gasteiger partial charge in [0.25, 0.3) is 0 Å². The first kappa shape index (κ1) is 16.4. The molecule has 4 N–H and O–H groups in total. The fraction of sp³-hybridized carbons (Fsp3) is 0.188. The number of carboxylic acid groups (broad SMARTS) is 1. The number of nitrogens with one attached hydrogen (secondary N) is 1. The van der Waals surface area contributed by atoms with Gasteiger partial charge in [0.2, 0.25) is 0 Å². The summed E-state index contributed by atoms with van der Waals surface area (Å²) in [6.07, 6.45) is 2.03. The molecular weight excluding hydrogens is 298 g/mol. The van der Waals surface area contributed by atoms with Gasteiger partial charge in [-0.1, -0.05) is 36.4 Å². The van der Waals surface area contributed by atoms with Crippen molar-refractivity contribution in [3.8, 4) is 0 Å². The van der Waals surface area contributed by atoms with Gasteiger partial charge in [-0.3, -0.25) is 16.0 Å². The van der Waals surface area contributed by atoms with Gasteiger partial charge in [-0.2, -0.15) is 0 Å². The van der Waals surface area contributed by atoms with Gasteiger partial charge in [-0.25, -0.2) is 9.59 Å². The lowest BCUT2D eigenvalue weighted by molar-refractivity contribution is -0.144. The lowest BCUT2D eigenvalue weighted by atomic mass is 10.0. The van der Waals surface area contributed by atoms with E-state index in [4.69, 9.17) is 10.5 Å². The summed E-state index contributed by atoms with van der Waals surface area (Å²) in [6, 6.07) is 12.4. The summed E-state index contributed by atoms with van der Waals surface area (Å²) >= 11 is 0. The Balaban J connectivity index is 1.98. The molecule has 1 aromatic carbocycles. The fourth-order valence-corrected chi connectivity index (χ4v) is 1.94. The van der Waals surface area contributed by atoms with E-state index in [1.165, 1.54) is 6.20 Å². The van der Waals surface area contributed by atoms with Gasteiger partial charge in [-0.15, -0.1) is 0 Å². The molecule has 2 rings (SSSR count). The van der Waals surface area contributed by atoms with E-state index in [1.807, 2.05) is 18.2 Å². The molecule has 1 atom stereocenters. The third kappa shape index (κ3) is 4.79. The van der Waals surface area contributed by atoms with Gasteiger partial charge in [0.1, 0.15) is 6.61 Å². The van der Waals surface area contributed by atoms with Crippen molar-refractivity contribution in [2.45, 2.75) is 18.7 Å². The fourth-order valence-electron chi connectivity index (χ4n) is 1.94. The molecule has 0 bridgehead atoms. The number of hydrogen-bond acceptors (Lipinski definition) is 5. The van der Waals surface area contributed by atoms with Crippen LogP contribution in [0.1, 0.15) is 11.1 Å². The molecule has 23 heavy (non-hydrogen) atoms. The highest BCUT2D eigenvalue weighted by Gasteiger charge is 2.36. The SMILES string of the molecule is N[C@](Cc1cccnc1)(NC(=O)OCc1ccccc1)C(=O)O. The van der Waals surface area contributed by atoms with E-state index in [2.05, 4.69) is 10.3 Å². The highest BCUT2D eigenvalue weighted by molar-refractivity contribution is 5.84. The van der Waals surface area contributed by atoms with Crippen LogP contribution < -0.4 is 11.1 Å². The van der Waals surface area contributed by atoms with Crippen LogP contribution in [-0.2, 0) is 22.6 Å². The van der Waals surface area contributed by atoms with Crippen LogP contribution in [0.3, 0.4) is 0 Å². The normalized spacial score (nSPS) is 12.9. The summed E-state index contributed by atoms with van der Waals surface area (Å²) in [5.41, 5.74) is 5.20. The van der Waals surface area contributed by atoms with Gasteiger partial charge < -0.3 is 9.84 Å². The number of amides is 1.